The van der Waals surface area contributed by atoms with Gasteiger partial charge >= 0.3 is 0 Å². The molecule has 0 atom stereocenters. The smallest absolute Gasteiger partial charge is 0.191 e. The van der Waals surface area contributed by atoms with Gasteiger partial charge in [-0.05, 0) is 37.0 Å². The van der Waals surface area contributed by atoms with Crippen LogP contribution in [0.1, 0.15) is 33.6 Å². The summed E-state index contributed by atoms with van der Waals surface area (Å²) in [7, 11) is -2.61. The van der Waals surface area contributed by atoms with Crippen LogP contribution in [0.2, 0.25) is 37.8 Å². The van der Waals surface area contributed by atoms with Crippen LogP contribution in [0.25, 0.3) is 0 Å². The maximum atomic E-state index is 6.13. The third-order valence-electron chi connectivity index (χ3n) is 3.40. The Morgan fingerprint density at radius 3 is 2.06 bits per heavy atom. The highest BCUT2D eigenvalue weighted by Crippen LogP contribution is 2.36. The predicted molar refractivity (Wildman–Crippen MR) is 88.4 cm³/mol. The third kappa shape index (κ3) is 8.09. The first-order valence-electron chi connectivity index (χ1n) is 7.02. The normalized spacial score (nSPS) is 13.1. The van der Waals surface area contributed by atoms with Crippen molar-refractivity contribution >= 4 is 16.4 Å². The molecule has 0 radical (unpaired) electrons. The third-order valence-corrected chi connectivity index (χ3v) is 8.97. The molecule has 106 valence electrons. The molecule has 0 saturated carbocycles. The molecule has 0 fully saturated rings. The van der Waals surface area contributed by atoms with E-state index in [1.165, 1.54) is 0 Å². The summed E-state index contributed by atoms with van der Waals surface area (Å²) in [5.74, 6) is 0. The Kier molecular flexibility index (Phi) is 6.87. The minimum Gasteiger partial charge on any atom is -0.417 e. The zero-order chi connectivity index (χ0) is 14.4. The van der Waals surface area contributed by atoms with Gasteiger partial charge in [-0.1, -0.05) is 46.1 Å². The van der Waals surface area contributed by atoms with Crippen LogP contribution < -0.4 is 0 Å². The van der Waals surface area contributed by atoms with Gasteiger partial charge < -0.3 is 4.43 Å². The first-order chi connectivity index (χ1) is 7.96. The molecule has 0 aliphatic carbocycles. The molecule has 0 aliphatic heterocycles. The quantitative estimate of drug-likeness (QED) is 0.361. The van der Waals surface area contributed by atoms with E-state index < -0.39 is 16.4 Å². The maximum Gasteiger partial charge on any atom is 0.191 e. The summed E-state index contributed by atoms with van der Waals surface area (Å²) in [5, 5.41) is 0.320. The van der Waals surface area contributed by atoms with Crippen molar-refractivity contribution in [3.8, 4) is 0 Å². The van der Waals surface area contributed by atoms with Gasteiger partial charge in [-0.2, -0.15) is 0 Å². The Morgan fingerprint density at radius 1 is 1.06 bits per heavy atom. The minimum atomic E-state index is -1.54. The van der Waals surface area contributed by atoms with Crippen LogP contribution in [-0.4, -0.2) is 23.0 Å². The summed E-state index contributed by atoms with van der Waals surface area (Å²) in [5.41, 5.74) is 5.59. The predicted octanol–water partition coefficient (Wildman–Crippen LogP) is 5.38. The van der Waals surface area contributed by atoms with E-state index >= 15 is 0 Å². The zero-order valence-electron chi connectivity index (χ0n) is 13.7. The van der Waals surface area contributed by atoms with Gasteiger partial charge in [0.15, 0.2) is 8.32 Å². The first kappa shape index (κ1) is 17.9. The summed E-state index contributed by atoms with van der Waals surface area (Å²) in [6.45, 7) is 19.4. The number of rotatable bonds is 6. The van der Waals surface area contributed by atoms with Crippen molar-refractivity contribution in [3.63, 3.8) is 0 Å². The molecule has 0 bridgehead atoms. The molecule has 3 heteroatoms. The lowest BCUT2D eigenvalue weighted by Crippen LogP contribution is -2.40. The Balaban J connectivity index is 3.93. The average Bonchev–Trinajstić information content (AvgIpc) is 2.12. The number of unbranched alkanes of at least 4 members (excludes halogenated alkanes) is 1. The number of hydrogen-bond donors (Lipinski definition) is 0. The van der Waals surface area contributed by atoms with Crippen molar-refractivity contribution < 1.29 is 4.43 Å². The zero-order valence-corrected chi connectivity index (χ0v) is 15.7. The summed E-state index contributed by atoms with van der Waals surface area (Å²) >= 11 is 0. The van der Waals surface area contributed by atoms with Gasteiger partial charge in [-0.25, -0.2) is 0 Å². The molecule has 0 heterocycles. The van der Waals surface area contributed by atoms with Crippen molar-refractivity contribution in [2.75, 3.05) is 6.61 Å². The van der Waals surface area contributed by atoms with Gasteiger partial charge in [0.1, 0.15) is 0 Å². The van der Waals surface area contributed by atoms with E-state index in [-0.39, 0.29) is 0 Å². The fourth-order valence-corrected chi connectivity index (χ4v) is 2.83. The lowest BCUT2D eigenvalue weighted by Gasteiger charge is -2.36. The van der Waals surface area contributed by atoms with Crippen LogP contribution in [0.15, 0.2) is 17.5 Å². The summed E-state index contributed by atoms with van der Waals surface area (Å²) in [4.78, 5) is 0. The van der Waals surface area contributed by atoms with E-state index in [4.69, 9.17) is 4.43 Å². The van der Waals surface area contributed by atoms with Crippen molar-refractivity contribution in [2.45, 2.75) is 71.4 Å². The second-order valence-electron chi connectivity index (χ2n) is 7.63. The van der Waals surface area contributed by atoms with E-state index in [9.17, 15) is 0 Å². The van der Waals surface area contributed by atoms with Gasteiger partial charge in [-0.15, -0.1) is 5.73 Å². The molecule has 0 aromatic rings. The number of hydrogen-bond acceptors (Lipinski definition) is 1. The monoisotopic (exact) mass is 284 g/mol. The summed E-state index contributed by atoms with van der Waals surface area (Å²) in [6, 6.07) is 0. The van der Waals surface area contributed by atoms with E-state index in [2.05, 4.69) is 71.0 Å². The molecule has 0 unspecified atom stereocenters. The molecule has 0 spiro atoms. The number of allylic oxidation sites excluding steroid dienone is 1. The fraction of sp³-hybridized carbons (Fsp3) is 0.800. The van der Waals surface area contributed by atoms with Crippen molar-refractivity contribution in [1.82, 2.24) is 0 Å². The van der Waals surface area contributed by atoms with Crippen LogP contribution in [-0.2, 0) is 4.43 Å². The molecule has 0 saturated heterocycles. The molecule has 18 heavy (non-hydrogen) atoms. The molecule has 1 nitrogen and oxygen atoms in total. The molecule has 0 aliphatic rings. The van der Waals surface area contributed by atoms with Crippen LogP contribution in [0.5, 0.6) is 0 Å². The second kappa shape index (κ2) is 6.90. The molecular formula is C15H32OSi2. The SMILES string of the molecule is CC(C)(C)[Si](C)(C)OCCCC=C=C[Si](C)(C)C. The highest BCUT2D eigenvalue weighted by Gasteiger charge is 2.36. The van der Waals surface area contributed by atoms with Crippen LogP contribution >= 0.6 is 0 Å². The Morgan fingerprint density at radius 2 is 1.61 bits per heavy atom. The average molecular weight is 285 g/mol. The Hall–Kier alpha value is -0.0862. The molecule has 0 rings (SSSR count). The van der Waals surface area contributed by atoms with Crippen molar-refractivity contribution in [1.29, 1.82) is 0 Å². The van der Waals surface area contributed by atoms with Crippen LogP contribution in [0.4, 0.5) is 0 Å². The highest BCUT2D eigenvalue weighted by molar-refractivity contribution is 6.80. The largest absolute Gasteiger partial charge is 0.417 e. The fourth-order valence-electron chi connectivity index (χ4n) is 1.12. The second-order valence-corrected chi connectivity index (χ2v) is 17.5. The lowest BCUT2D eigenvalue weighted by atomic mass is 10.2. The standard InChI is InChI=1S/C15H32OSi2/c1-15(2,3)18(7,8)16-13-11-9-10-12-14-17(4,5)6/h10,14H,9,11,13H2,1-8H3. The van der Waals surface area contributed by atoms with Gasteiger partial charge in [0.05, 0.1) is 8.07 Å². The summed E-state index contributed by atoms with van der Waals surface area (Å²) in [6.07, 6.45) is 4.35. The van der Waals surface area contributed by atoms with Gasteiger partial charge in [-0.3, -0.25) is 0 Å². The molecule has 0 amide bonds. The van der Waals surface area contributed by atoms with Gasteiger partial charge in [0.25, 0.3) is 0 Å². The van der Waals surface area contributed by atoms with E-state index in [0.717, 1.165) is 19.4 Å². The van der Waals surface area contributed by atoms with Gasteiger partial charge in [0.2, 0.25) is 0 Å². The van der Waals surface area contributed by atoms with Gasteiger partial charge in [0, 0.05) is 6.61 Å². The Bertz CT molecular complexity index is 299. The molecule has 0 aromatic carbocycles. The topological polar surface area (TPSA) is 9.23 Å². The summed E-state index contributed by atoms with van der Waals surface area (Å²) < 4.78 is 6.13. The minimum absolute atomic E-state index is 0.320. The van der Waals surface area contributed by atoms with Crippen LogP contribution in [0, 0.1) is 0 Å². The van der Waals surface area contributed by atoms with Crippen molar-refractivity contribution in [3.05, 3.63) is 17.5 Å². The van der Waals surface area contributed by atoms with E-state index in [1.54, 1.807) is 0 Å². The van der Waals surface area contributed by atoms with E-state index in [0.29, 0.717) is 5.04 Å². The van der Waals surface area contributed by atoms with E-state index in [1.807, 2.05) is 0 Å². The maximum absolute atomic E-state index is 6.13. The van der Waals surface area contributed by atoms with Crippen molar-refractivity contribution in [2.24, 2.45) is 0 Å². The molecular weight excluding hydrogens is 252 g/mol. The first-order valence-corrected chi connectivity index (χ1v) is 13.5. The Labute approximate surface area is 116 Å². The molecule has 0 N–H and O–H groups in total. The van der Waals surface area contributed by atoms with Crippen LogP contribution in [0.3, 0.4) is 0 Å². The lowest BCUT2D eigenvalue weighted by molar-refractivity contribution is 0.283. The molecule has 0 aromatic heterocycles. The highest BCUT2D eigenvalue weighted by atomic mass is 28.4.